The third-order valence-electron chi connectivity index (χ3n) is 7.01. The molecule has 1 aliphatic carbocycles. The molecule has 0 aromatic heterocycles. The van der Waals surface area contributed by atoms with E-state index in [4.69, 9.17) is 18.9 Å². The van der Waals surface area contributed by atoms with Crippen LogP contribution in [0.2, 0.25) is 0 Å². The summed E-state index contributed by atoms with van der Waals surface area (Å²) in [7, 11) is 0. The zero-order chi connectivity index (χ0) is 32.7. The second-order valence-electron chi connectivity index (χ2n) is 10.6. The quantitative estimate of drug-likeness (QED) is 0.0523. The van der Waals surface area contributed by atoms with Gasteiger partial charge in [0.2, 0.25) is 0 Å². The number of hydrogen-bond acceptors (Lipinski definition) is 8. The SMILES string of the molecule is C=COC(=O)CCCOC1=CC=C(C(=O)Oc2ccc(-c3ccc(-c4ccc(OCCCOC(=O)C(=C)C)cc4)cc3)cc2)CC1. The molecule has 4 rings (SSSR count). The third-order valence-corrected chi connectivity index (χ3v) is 7.01. The number of ether oxygens (including phenoxy) is 5. The van der Waals surface area contributed by atoms with Gasteiger partial charge in [0.1, 0.15) is 11.5 Å². The first kappa shape index (κ1) is 33.5. The summed E-state index contributed by atoms with van der Waals surface area (Å²) >= 11 is 0. The van der Waals surface area contributed by atoms with Crippen LogP contribution in [0.15, 0.2) is 121 Å². The number of carbonyl (C=O) groups excluding carboxylic acids is 3. The van der Waals surface area contributed by atoms with E-state index in [9.17, 15) is 14.4 Å². The Morgan fingerprint density at radius 3 is 1.83 bits per heavy atom. The van der Waals surface area contributed by atoms with Crippen molar-refractivity contribution in [3.63, 3.8) is 0 Å². The Morgan fingerprint density at radius 2 is 1.28 bits per heavy atom. The number of carbonyl (C=O) groups is 3. The summed E-state index contributed by atoms with van der Waals surface area (Å²) in [6.45, 7) is 9.66. The lowest BCUT2D eigenvalue weighted by atomic mass is 10.0. The van der Waals surface area contributed by atoms with Crippen molar-refractivity contribution >= 4 is 17.9 Å². The van der Waals surface area contributed by atoms with Crippen molar-refractivity contribution in [2.75, 3.05) is 19.8 Å². The first-order valence-corrected chi connectivity index (χ1v) is 15.1. The average molecular weight is 623 g/mol. The summed E-state index contributed by atoms with van der Waals surface area (Å²) < 4.78 is 26.8. The molecule has 0 saturated heterocycles. The van der Waals surface area contributed by atoms with Crippen molar-refractivity contribution in [1.82, 2.24) is 0 Å². The molecule has 0 saturated carbocycles. The predicted molar refractivity (Wildman–Crippen MR) is 176 cm³/mol. The van der Waals surface area contributed by atoms with Crippen LogP contribution >= 0.6 is 0 Å². The summed E-state index contributed by atoms with van der Waals surface area (Å²) in [5, 5.41) is 0. The molecule has 0 amide bonds. The molecule has 0 unspecified atom stereocenters. The second kappa shape index (κ2) is 17.2. The Labute approximate surface area is 269 Å². The summed E-state index contributed by atoms with van der Waals surface area (Å²) in [5.41, 5.74) is 5.14. The van der Waals surface area contributed by atoms with E-state index in [1.54, 1.807) is 31.2 Å². The van der Waals surface area contributed by atoms with Gasteiger partial charge < -0.3 is 23.7 Å². The maximum absolute atomic E-state index is 12.7. The number of allylic oxidation sites excluding steroid dienone is 3. The first-order valence-electron chi connectivity index (χ1n) is 15.1. The standard InChI is InChI=1S/C38H38O8/c1-4-42-36(39)7-5-24-43-34-20-16-32(17-21-34)38(41)46-35-22-14-31(15-23-35)29-10-8-28(9-11-29)30-12-18-33(19-13-30)44-25-6-26-45-37(40)27(2)3/h4,8-16,18-20,22-23H,1-2,5-7,17,21,24-26H2,3H3. The highest BCUT2D eigenvalue weighted by Gasteiger charge is 2.17. The topological polar surface area (TPSA) is 97.4 Å². The number of benzene rings is 3. The summed E-state index contributed by atoms with van der Waals surface area (Å²) in [6.07, 6.45) is 7.09. The lowest BCUT2D eigenvalue weighted by Crippen LogP contribution is -2.13. The van der Waals surface area contributed by atoms with E-state index in [1.165, 1.54) is 0 Å². The Kier molecular flexibility index (Phi) is 12.5. The van der Waals surface area contributed by atoms with Crippen LogP contribution < -0.4 is 9.47 Å². The van der Waals surface area contributed by atoms with E-state index < -0.39 is 0 Å². The molecule has 238 valence electrons. The van der Waals surface area contributed by atoms with Gasteiger partial charge in [0.05, 0.1) is 31.8 Å². The molecule has 8 nitrogen and oxygen atoms in total. The minimum atomic E-state index is -0.389. The number of rotatable bonds is 16. The monoisotopic (exact) mass is 622 g/mol. The molecule has 3 aromatic rings. The Hall–Kier alpha value is -5.37. The fraction of sp³-hybridized carbons (Fsp3) is 0.237. The van der Waals surface area contributed by atoms with E-state index in [1.807, 2.05) is 36.4 Å². The molecule has 46 heavy (non-hydrogen) atoms. The van der Waals surface area contributed by atoms with Gasteiger partial charge in [0.15, 0.2) is 0 Å². The number of esters is 3. The first-order chi connectivity index (χ1) is 22.3. The largest absolute Gasteiger partial charge is 0.498 e. The molecular formula is C38H38O8. The molecule has 0 bridgehead atoms. The van der Waals surface area contributed by atoms with Crippen LogP contribution in [0.3, 0.4) is 0 Å². The summed E-state index contributed by atoms with van der Waals surface area (Å²) in [6, 6.07) is 23.5. The zero-order valence-corrected chi connectivity index (χ0v) is 26.0. The fourth-order valence-electron chi connectivity index (χ4n) is 4.50. The third kappa shape index (κ3) is 10.4. The molecule has 0 radical (unpaired) electrons. The maximum atomic E-state index is 12.7. The number of hydrogen-bond donors (Lipinski definition) is 0. The van der Waals surface area contributed by atoms with E-state index >= 15 is 0 Å². The van der Waals surface area contributed by atoms with Gasteiger partial charge in [-0.3, -0.25) is 4.79 Å². The molecule has 1 aliphatic rings. The Bertz CT molecular complexity index is 1580. The van der Waals surface area contributed by atoms with Crippen LogP contribution in [0.5, 0.6) is 11.5 Å². The van der Waals surface area contributed by atoms with Crippen LogP contribution in [-0.4, -0.2) is 37.7 Å². The van der Waals surface area contributed by atoms with E-state index in [-0.39, 0.29) is 24.3 Å². The molecule has 0 atom stereocenters. The summed E-state index contributed by atoms with van der Waals surface area (Å²) in [5.74, 6) is 0.870. The van der Waals surface area contributed by atoms with Crippen molar-refractivity contribution < 1.29 is 38.1 Å². The molecule has 0 N–H and O–H groups in total. The molecule has 0 aliphatic heterocycles. The summed E-state index contributed by atoms with van der Waals surface area (Å²) in [4.78, 5) is 35.4. The lowest BCUT2D eigenvalue weighted by molar-refractivity contribution is -0.139. The van der Waals surface area contributed by atoms with Crippen molar-refractivity contribution in [3.8, 4) is 33.8 Å². The Morgan fingerprint density at radius 1 is 0.717 bits per heavy atom. The highest BCUT2D eigenvalue weighted by molar-refractivity contribution is 5.91. The van der Waals surface area contributed by atoms with Gasteiger partial charge in [-0.25, -0.2) is 9.59 Å². The van der Waals surface area contributed by atoms with E-state index in [0.29, 0.717) is 62.4 Å². The van der Waals surface area contributed by atoms with Gasteiger partial charge in [0.25, 0.3) is 0 Å². The van der Waals surface area contributed by atoms with Gasteiger partial charge >= 0.3 is 17.9 Å². The minimum Gasteiger partial charge on any atom is -0.498 e. The molecule has 3 aromatic carbocycles. The molecule has 0 heterocycles. The van der Waals surface area contributed by atoms with Crippen LogP contribution in [-0.2, 0) is 28.6 Å². The molecule has 8 heteroatoms. The predicted octanol–water partition coefficient (Wildman–Crippen LogP) is 7.90. The van der Waals surface area contributed by atoms with Crippen molar-refractivity contribution in [2.45, 2.75) is 39.0 Å². The van der Waals surface area contributed by atoms with Gasteiger partial charge in [-0.05, 0) is 78.4 Å². The zero-order valence-electron chi connectivity index (χ0n) is 26.0. The van der Waals surface area contributed by atoms with E-state index in [0.717, 1.165) is 40.0 Å². The normalized spacial score (nSPS) is 12.2. The minimum absolute atomic E-state index is 0.253. The fourth-order valence-corrected chi connectivity index (χ4v) is 4.50. The van der Waals surface area contributed by atoms with E-state index in [2.05, 4.69) is 42.2 Å². The van der Waals surface area contributed by atoms with Crippen molar-refractivity contribution in [1.29, 1.82) is 0 Å². The van der Waals surface area contributed by atoms with Crippen LogP contribution in [0.25, 0.3) is 22.3 Å². The lowest BCUT2D eigenvalue weighted by Gasteiger charge is -2.15. The van der Waals surface area contributed by atoms with Crippen LogP contribution in [0, 0.1) is 0 Å². The molecule has 0 spiro atoms. The van der Waals surface area contributed by atoms with Gasteiger partial charge in [-0.1, -0.05) is 61.7 Å². The highest BCUT2D eigenvalue weighted by atomic mass is 16.5. The maximum Gasteiger partial charge on any atom is 0.339 e. The van der Waals surface area contributed by atoms with Gasteiger partial charge in [-0.15, -0.1) is 0 Å². The average Bonchev–Trinajstić information content (AvgIpc) is 3.07. The van der Waals surface area contributed by atoms with Crippen molar-refractivity contribution in [3.05, 3.63) is 121 Å². The van der Waals surface area contributed by atoms with Crippen LogP contribution in [0.1, 0.15) is 39.0 Å². The Balaban J connectivity index is 1.22. The van der Waals surface area contributed by atoms with Crippen LogP contribution in [0.4, 0.5) is 0 Å². The molecule has 0 fully saturated rings. The van der Waals surface area contributed by atoms with Gasteiger partial charge in [-0.2, -0.15) is 0 Å². The van der Waals surface area contributed by atoms with Gasteiger partial charge in [0, 0.05) is 30.4 Å². The highest BCUT2D eigenvalue weighted by Crippen LogP contribution is 2.28. The smallest absolute Gasteiger partial charge is 0.339 e. The second-order valence-corrected chi connectivity index (χ2v) is 10.6. The van der Waals surface area contributed by atoms with Crippen molar-refractivity contribution in [2.24, 2.45) is 0 Å². The molecular weight excluding hydrogens is 584 g/mol.